The Labute approximate surface area is 119 Å². The standard InChI is InChI=1S/C11H16N4O4S/c1-3-19-10(17)5-12-11(18)15-14-9(16)4-8-6-20-7(2)13-8/h6H,3-5H2,1-2H3,(H,14,16)(H2,12,15,18). The number of esters is 1. The Kier molecular flexibility index (Phi) is 6.44. The highest BCUT2D eigenvalue weighted by Gasteiger charge is 2.09. The van der Waals surface area contributed by atoms with Gasteiger partial charge in [-0.2, -0.15) is 0 Å². The van der Waals surface area contributed by atoms with E-state index in [9.17, 15) is 14.4 Å². The number of rotatable bonds is 5. The second-order valence-electron chi connectivity index (χ2n) is 3.70. The zero-order chi connectivity index (χ0) is 15.0. The number of urea groups is 1. The molecule has 0 spiro atoms. The predicted molar refractivity (Wildman–Crippen MR) is 71.9 cm³/mol. The van der Waals surface area contributed by atoms with Crippen molar-refractivity contribution in [3.63, 3.8) is 0 Å². The average Bonchev–Trinajstić information content (AvgIpc) is 2.79. The summed E-state index contributed by atoms with van der Waals surface area (Å²) in [6.07, 6.45) is 0.0719. The van der Waals surface area contributed by atoms with E-state index in [0.29, 0.717) is 5.69 Å². The number of thiazole rings is 1. The van der Waals surface area contributed by atoms with Crippen molar-refractivity contribution in [1.29, 1.82) is 0 Å². The molecule has 0 aliphatic rings. The Morgan fingerprint density at radius 1 is 1.35 bits per heavy atom. The van der Waals surface area contributed by atoms with Crippen LogP contribution in [0.4, 0.5) is 4.79 Å². The highest BCUT2D eigenvalue weighted by atomic mass is 32.1. The number of amides is 3. The van der Waals surface area contributed by atoms with E-state index in [2.05, 4.69) is 25.9 Å². The van der Waals surface area contributed by atoms with Gasteiger partial charge >= 0.3 is 12.0 Å². The maximum Gasteiger partial charge on any atom is 0.333 e. The molecule has 0 saturated carbocycles. The molecule has 0 fully saturated rings. The molecule has 0 aliphatic carbocycles. The van der Waals surface area contributed by atoms with Crippen molar-refractivity contribution >= 4 is 29.2 Å². The first-order valence-electron chi connectivity index (χ1n) is 5.90. The summed E-state index contributed by atoms with van der Waals surface area (Å²) in [4.78, 5) is 37.8. The summed E-state index contributed by atoms with van der Waals surface area (Å²) in [6.45, 7) is 3.48. The Bertz CT molecular complexity index is 489. The number of aryl methyl sites for hydroxylation is 1. The number of aromatic nitrogens is 1. The van der Waals surface area contributed by atoms with Crippen LogP contribution >= 0.6 is 11.3 Å². The summed E-state index contributed by atoms with van der Waals surface area (Å²) in [6, 6.07) is -0.694. The van der Waals surface area contributed by atoms with Crippen molar-refractivity contribution in [2.24, 2.45) is 0 Å². The van der Waals surface area contributed by atoms with Gasteiger partial charge in [-0.1, -0.05) is 0 Å². The van der Waals surface area contributed by atoms with Gasteiger partial charge < -0.3 is 10.1 Å². The molecular formula is C11H16N4O4S. The Balaban J connectivity index is 2.20. The van der Waals surface area contributed by atoms with Crippen molar-refractivity contribution in [1.82, 2.24) is 21.2 Å². The van der Waals surface area contributed by atoms with Crippen molar-refractivity contribution < 1.29 is 19.1 Å². The van der Waals surface area contributed by atoms with Crippen LogP contribution in [0.1, 0.15) is 17.6 Å². The van der Waals surface area contributed by atoms with Gasteiger partial charge in [-0.3, -0.25) is 15.0 Å². The minimum Gasteiger partial charge on any atom is -0.465 e. The second-order valence-corrected chi connectivity index (χ2v) is 4.76. The van der Waals surface area contributed by atoms with Crippen molar-refractivity contribution in [2.75, 3.05) is 13.2 Å². The van der Waals surface area contributed by atoms with Crippen LogP contribution in [0.2, 0.25) is 0 Å². The monoisotopic (exact) mass is 300 g/mol. The van der Waals surface area contributed by atoms with E-state index in [4.69, 9.17) is 0 Å². The average molecular weight is 300 g/mol. The number of ether oxygens (including phenoxy) is 1. The molecular weight excluding hydrogens is 284 g/mol. The summed E-state index contributed by atoms with van der Waals surface area (Å²) < 4.78 is 4.62. The molecule has 3 N–H and O–H groups in total. The lowest BCUT2D eigenvalue weighted by Gasteiger charge is -2.08. The van der Waals surface area contributed by atoms with Gasteiger partial charge in [0.2, 0.25) is 5.91 Å². The molecule has 0 atom stereocenters. The van der Waals surface area contributed by atoms with Crippen molar-refractivity contribution in [2.45, 2.75) is 20.3 Å². The third kappa shape index (κ3) is 6.14. The molecule has 110 valence electrons. The Hall–Kier alpha value is -2.16. The molecule has 9 heteroatoms. The van der Waals surface area contributed by atoms with E-state index < -0.39 is 17.9 Å². The van der Waals surface area contributed by atoms with E-state index >= 15 is 0 Å². The first-order chi connectivity index (χ1) is 9.51. The quantitative estimate of drug-likeness (QED) is 0.519. The van der Waals surface area contributed by atoms with Crippen LogP contribution in [-0.2, 0) is 20.7 Å². The normalized spacial score (nSPS) is 9.70. The van der Waals surface area contributed by atoms with Gasteiger partial charge in [0.25, 0.3) is 0 Å². The fourth-order valence-corrected chi connectivity index (χ4v) is 1.85. The maximum absolute atomic E-state index is 11.5. The predicted octanol–water partition coefficient (Wildman–Crippen LogP) is -0.112. The SMILES string of the molecule is CCOC(=O)CNC(=O)NNC(=O)Cc1csc(C)n1. The van der Waals surface area contributed by atoms with Crippen LogP contribution in [0.25, 0.3) is 0 Å². The number of carbonyl (C=O) groups excluding carboxylic acids is 3. The summed E-state index contributed by atoms with van der Waals surface area (Å²) in [5.41, 5.74) is 4.97. The Morgan fingerprint density at radius 2 is 2.10 bits per heavy atom. The smallest absolute Gasteiger partial charge is 0.333 e. The number of hydrazine groups is 1. The molecule has 0 aromatic carbocycles. The van der Waals surface area contributed by atoms with Gasteiger partial charge in [0.1, 0.15) is 6.54 Å². The maximum atomic E-state index is 11.5. The molecule has 0 aliphatic heterocycles. The molecule has 8 nitrogen and oxygen atoms in total. The largest absolute Gasteiger partial charge is 0.465 e. The van der Waals surface area contributed by atoms with E-state index in [1.54, 1.807) is 12.3 Å². The third-order valence-corrected chi connectivity index (χ3v) is 2.84. The van der Waals surface area contributed by atoms with Crippen LogP contribution in [0, 0.1) is 6.92 Å². The van der Waals surface area contributed by atoms with Gasteiger partial charge in [0, 0.05) is 5.38 Å². The fraction of sp³-hybridized carbons (Fsp3) is 0.455. The minimum absolute atomic E-state index is 0.0719. The van der Waals surface area contributed by atoms with E-state index in [-0.39, 0.29) is 19.6 Å². The highest BCUT2D eigenvalue weighted by Crippen LogP contribution is 2.07. The zero-order valence-corrected chi connectivity index (χ0v) is 12.0. The van der Waals surface area contributed by atoms with Gasteiger partial charge in [0.05, 0.1) is 23.7 Å². The molecule has 0 radical (unpaired) electrons. The van der Waals surface area contributed by atoms with Gasteiger partial charge in [-0.05, 0) is 13.8 Å². The lowest BCUT2D eigenvalue weighted by molar-refractivity contribution is -0.141. The second kappa shape index (κ2) is 8.10. The molecule has 1 rings (SSSR count). The molecule has 20 heavy (non-hydrogen) atoms. The van der Waals surface area contributed by atoms with E-state index in [1.807, 2.05) is 6.92 Å². The highest BCUT2D eigenvalue weighted by molar-refractivity contribution is 7.09. The van der Waals surface area contributed by atoms with Gasteiger partial charge in [-0.15, -0.1) is 11.3 Å². The molecule has 1 aromatic heterocycles. The number of hydrogen-bond acceptors (Lipinski definition) is 6. The lowest BCUT2D eigenvalue weighted by Crippen LogP contribution is -2.48. The molecule has 0 bridgehead atoms. The molecule has 1 aromatic rings. The summed E-state index contributed by atoms with van der Waals surface area (Å²) >= 11 is 1.44. The topological polar surface area (TPSA) is 109 Å². The first-order valence-corrected chi connectivity index (χ1v) is 6.78. The van der Waals surface area contributed by atoms with Crippen LogP contribution in [0.15, 0.2) is 5.38 Å². The molecule has 3 amide bonds. The lowest BCUT2D eigenvalue weighted by atomic mass is 10.3. The van der Waals surface area contributed by atoms with Crippen molar-refractivity contribution in [3.05, 3.63) is 16.1 Å². The Morgan fingerprint density at radius 3 is 2.70 bits per heavy atom. The van der Waals surface area contributed by atoms with E-state index in [0.717, 1.165) is 5.01 Å². The van der Waals surface area contributed by atoms with Crippen molar-refractivity contribution in [3.8, 4) is 0 Å². The number of carbonyl (C=O) groups is 3. The van der Waals surface area contributed by atoms with Crippen LogP contribution in [0.3, 0.4) is 0 Å². The zero-order valence-electron chi connectivity index (χ0n) is 11.2. The molecule has 0 unspecified atom stereocenters. The molecule has 1 heterocycles. The van der Waals surface area contributed by atoms with Gasteiger partial charge in [0.15, 0.2) is 0 Å². The summed E-state index contributed by atoms with van der Waals surface area (Å²) in [5, 5.41) is 4.88. The van der Waals surface area contributed by atoms with Crippen LogP contribution in [-0.4, -0.2) is 36.0 Å². The fourth-order valence-electron chi connectivity index (χ4n) is 1.23. The first kappa shape index (κ1) is 15.9. The number of nitrogens with zero attached hydrogens (tertiary/aromatic N) is 1. The van der Waals surface area contributed by atoms with Crippen LogP contribution < -0.4 is 16.2 Å². The van der Waals surface area contributed by atoms with E-state index in [1.165, 1.54) is 11.3 Å². The number of nitrogens with one attached hydrogen (secondary N) is 3. The molecule has 0 saturated heterocycles. The third-order valence-electron chi connectivity index (χ3n) is 2.02. The van der Waals surface area contributed by atoms with Crippen LogP contribution in [0.5, 0.6) is 0 Å². The summed E-state index contributed by atoms with van der Waals surface area (Å²) in [7, 11) is 0. The minimum atomic E-state index is -0.694. The number of hydrogen-bond donors (Lipinski definition) is 3. The summed E-state index contributed by atoms with van der Waals surface area (Å²) in [5.74, 6) is -0.950. The van der Waals surface area contributed by atoms with Gasteiger partial charge in [-0.25, -0.2) is 15.2 Å².